The lowest BCUT2D eigenvalue weighted by molar-refractivity contribution is -0.213. The fourth-order valence-electron chi connectivity index (χ4n) is 8.32. The van der Waals surface area contributed by atoms with E-state index in [1.54, 1.807) is 20.8 Å². The van der Waals surface area contributed by atoms with Gasteiger partial charge in [0.1, 0.15) is 41.5 Å². The van der Waals surface area contributed by atoms with E-state index in [0.29, 0.717) is 11.1 Å². The number of amides is 2. The van der Waals surface area contributed by atoms with E-state index in [4.69, 9.17) is 23.8 Å². The molecule has 4 fully saturated rings. The first-order valence-electron chi connectivity index (χ1n) is 19.1. The van der Waals surface area contributed by atoms with Crippen LogP contribution < -0.4 is 10.6 Å². The van der Waals surface area contributed by atoms with Gasteiger partial charge in [-0.3, -0.25) is 24.0 Å². The van der Waals surface area contributed by atoms with Gasteiger partial charge in [0.05, 0.1) is 25.3 Å². The molecule has 3 heterocycles. The molecule has 0 aromatic heterocycles. The molecular formula is C42H48IN3O11. The molecule has 9 unspecified atom stereocenters. The van der Waals surface area contributed by atoms with Gasteiger partial charge in [-0.1, -0.05) is 72.8 Å². The number of aliphatic hydroxyl groups is 2. The Kier molecular flexibility index (Phi) is 11.8. The molecule has 4 aliphatic rings. The zero-order chi connectivity index (χ0) is 40.7. The number of carbonyl (C=O) groups is 4. The highest BCUT2D eigenvalue weighted by molar-refractivity contribution is 14.1. The van der Waals surface area contributed by atoms with Crippen LogP contribution in [0.15, 0.2) is 84.9 Å². The summed E-state index contributed by atoms with van der Waals surface area (Å²) in [7, 11) is 0. The molecule has 3 aliphatic heterocycles. The third-order valence-corrected chi connectivity index (χ3v) is 11.6. The molecule has 1 saturated carbocycles. The Morgan fingerprint density at radius 3 is 2.14 bits per heavy atom. The van der Waals surface area contributed by atoms with Crippen LogP contribution in [-0.4, -0.2) is 99.9 Å². The Hall–Kier alpha value is -3.97. The number of halogens is 1. The van der Waals surface area contributed by atoms with E-state index in [0.717, 1.165) is 9.13 Å². The third-order valence-electron chi connectivity index (χ3n) is 10.9. The quantitative estimate of drug-likeness (QED) is 0.146. The predicted molar refractivity (Wildman–Crippen MR) is 211 cm³/mol. The molecule has 15 heteroatoms. The first-order chi connectivity index (χ1) is 27.1. The zero-order valence-corrected chi connectivity index (χ0v) is 34.3. The number of aliphatic hydroxyl groups excluding tert-OH is 2. The van der Waals surface area contributed by atoms with Gasteiger partial charge < -0.3 is 39.8 Å². The van der Waals surface area contributed by atoms with Gasteiger partial charge in [-0.2, -0.15) is 5.06 Å². The molecule has 4 N–H and O–H groups in total. The second-order valence-electron chi connectivity index (χ2n) is 16.1. The minimum Gasteiger partial charge on any atom is -0.460 e. The van der Waals surface area contributed by atoms with Crippen molar-refractivity contribution < 1.29 is 53.2 Å². The molecule has 57 heavy (non-hydrogen) atoms. The largest absolute Gasteiger partial charge is 0.460 e. The molecule has 9 atom stereocenters. The molecule has 304 valence electrons. The average molecular weight is 898 g/mol. The van der Waals surface area contributed by atoms with Crippen molar-refractivity contribution >= 4 is 46.3 Å². The maximum Gasteiger partial charge on any atom is 0.327 e. The van der Waals surface area contributed by atoms with E-state index in [-0.39, 0.29) is 25.8 Å². The van der Waals surface area contributed by atoms with Crippen molar-refractivity contribution in [2.24, 2.45) is 5.41 Å². The summed E-state index contributed by atoms with van der Waals surface area (Å²) in [6, 6.07) is 22.7. The van der Waals surface area contributed by atoms with Crippen molar-refractivity contribution in [2.45, 2.75) is 114 Å². The highest BCUT2D eigenvalue weighted by Gasteiger charge is 2.76. The lowest BCUT2D eigenvalue weighted by atomic mass is 9.62. The molecule has 0 radical (unpaired) electrons. The fourth-order valence-corrected chi connectivity index (χ4v) is 8.68. The smallest absolute Gasteiger partial charge is 0.327 e. The van der Waals surface area contributed by atoms with Crippen LogP contribution in [0.3, 0.4) is 0 Å². The topological polar surface area (TPSA) is 182 Å². The summed E-state index contributed by atoms with van der Waals surface area (Å²) < 4.78 is 26.4. The van der Waals surface area contributed by atoms with Gasteiger partial charge in [-0.25, -0.2) is 0 Å². The first-order valence-corrected chi connectivity index (χ1v) is 20.2. The van der Waals surface area contributed by atoms with Crippen LogP contribution in [0.2, 0.25) is 0 Å². The second kappa shape index (κ2) is 16.4. The summed E-state index contributed by atoms with van der Waals surface area (Å²) in [5.41, 5.74) is -0.196. The number of rotatable bonds is 13. The number of esters is 2. The van der Waals surface area contributed by atoms with Crippen molar-refractivity contribution in [1.29, 1.82) is 0 Å². The van der Waals surface area contributed by atoms with Gasteiger partial charge in [-0.05, 0) is 74.4 Å². The minimum absolute atomic E-state index is 0.0312. The Labute approximate surface area is 344 Å². The number of nitrogens with one attached hydrogen (secondary N) is 2. The monoisotopic (exact) mass is 897 g/mol. The Morgan fingerprint density at radius 2 is 1.56 bits per heavy atom. The standard InChI is InChI=1S/C42H48IN3O11/c1-24(48)32(37(50)44-29(23-47)19-20-31(49)54-40(2,3)4)45-39(52)41-21-30-33-34(56-42(55-33,26-11-7-5-8-12-26)27-13-9-6-10-14-27)36(41)57-46(35(41)38(51)53-30)22-25-15-17-28(43)18-16-25/h5-18,24,29-30,32-36,47-48H,19-23H2,1-4H3,(H,44,50)(H,45,52). The normalized spacial score (nSPS) is 27.7. The number of ether oxygens (including phenoxy) is 4. The van der Waals surface area contributed by atoms with Crippen molar-refractivity contribution in [3.63, 3.8) is 0 Å². The summed E-state index contributed by atoms with van der Waals surface area (Å²) >= 11 is 2.20. The van der Waals surface area contributed by atoms with Gasteiger partial charge in [-0.15, -0.1) is 0 Å². The average Bonchev–Trinajstić information content (AvgIpc) is 3.76. The number of fused-ring (bicyclic) bond motifs is 4. The number of nitrogens with zero attached hydrogens (tertiary/aromatic N) is 1. The summed E-state index contributed by atoms with van der Waals surface area (Å²) in [5, 5.41) is 27.9. The summed E-state index contributed by atoms with van der Waals surface area (Å²) in [6.07, 6.45) is -5.33. The van der Waals surface area contributed by atoms with Crippen LogP contribution in [0.4, 0.5) is 0 Å². The first kappa shape index (κ1) is 41.2. The minimum atomic E-state index is -1.67. The van der Waals surface area contributed by atoms with Crippen LogP contribution in [0.25, 0.3) is 0 Å². The molecule has 2 amide bonds. The number of carbonyl (C=O) groups excluding carboxylic acids is 4. The Balaban J connectivity index is 1.22. The van der Waals surface area contributed by atoms with Crippen LogP contribution in [0.1, 0.15) is 63.6 Å². The van der Waals surface area contributed by atoms with Gasteiger partial charge in [0, 0.05) is 27.5 Å². The number of hydrogen-bond acceptors (Lipinski definition) is 12. The van der Waals surface area contributed by atoms with Crippen LogP contribution in [-0.2, 0) is 55.3 Å². The Morgan fingerprint density at radius 1 is 0.947 bits per heavy atom. The highest BCUT2D eigenvalue weighted by atomic mass is 127. The number of benzene rings is 3. The van der Waals surface area contributed by atoms with Crippen molar-refractivity contribution in [2.75, 3.05) is 6.61 Å². The SMILES string of the molecule is CC(O)C(NC(=O)C12CC3OC(=O)C1N(Cc1ccc(I)cc1)OC2C1OC(c2ccccc2)(c2ccccc2)OC31)C(=O)NC(CO)CCC(=O)OC(C)(C)C. The second-order valence-corrected chi connectivity index (χ2v) is 17.3. The van der Waals surface area contributed by atoms with Crippen molar-refractivity contribution in [1.82, 2.24) is 15.7 Å². The third kappa shape index (κ3) is 8.07. The number of hydrogen-bond donors (Lipinski definition) is 4. The molecule has 14 nitrogen and oxygen atoms in total. The van der Waals surface area contributed by atoms with E-state index in [1.807, 2.05) is 84.9 Å². The molecule has 1 aliphatic carbocycles. The molecule has 3 aromatic rings. The molecule has 2 bridgehead atoms. The van der Waals surface area contributed by atoms with Crippen LogP contribution in [0, 0.1) is 8.99 Å². The van der Waals surface area contributed by atoms with Crippen molar-refractivity contribution in [3.05, 3.63) is 105 Å². The number of hydroxylamine groups is 2. The lowest BCUT2D eigenvalue weighted by Gasteiger charge is -2.49. The maximum absolute atomic E-state index is 15.1. The van der Waals surface area contributed by atoms with Gasteiger partial charge in [0.25, 0.3) is 0 Å². The molecule has 7 rings (SSSR count). The summed E-state index contributed by atoms with van der Waals surface area (Å²) in [6.45, 7) is 6.16. The summed E-state index contributed by atoms with van der Waals surface area (Å²) in [4.78, 5) is 62.2. The Bertz CT molecular complexity index is 1900. The van der Waals surface area contributed by atoms with E-state index in [1.165, 1.54) is 12.0 Å². The van der Waals surface area contributed by atoms with Gasteiger partial charge in [0.15, 0.2) is 6.04 Å². The van der Waals surface area contributed by atoms with E-state index in [2.05, 4.69) is 33.2 Å². The van der Waals surface area contributed by atoms with Crippen LogP contribution >= 0.6 is 22.6 Å². The van der Waals surface area contributed by atoms with Crippen LogP contribution in [0.5, 0.6) is 0 Å². The summed E-state index contributed by atoms with van der Waals surface area (Å²) in [5.74, 6) is -4.18. The maximum atomic E-state index is 15.1. The molecule has 3 saturated heterocycles. The fraction of sp³-hybridized carbons (Fsp3) is 0.476. The van der Waals surface area contributed by atoms with E-state index >= 15 is 4.79 Å². The van der Waals surface area contributed by atoms with E-state index in [9.17, 15) is 24.6 Å². The van der Waals surface area contributed by atoms with Gasteiger partial charge in [0.2, 0.25) is 17.6 Å². The van der Waals surface area contributed by atoms with E-state index < -0.39 is 95.8 Å². The van der Waals surface area contributed by atoms with Gasteiger partial charge >= 0.3 is 11.9 Å². The lowest BCUT2D eigenvalue weighted by Crippen LogP contribution is -2.71. The van der Waals surface area contributed by atoms with Crippen molar-refractivity contribution in [3.8, 4) is 0 Å². The zero-order valence-electron chi connectivity index (χ0n) is 32.1. The molecule has 3 aromatic carbocycles. The molecular weight excluding hydrogens is 849 g/mol. The predicted octanol–water partition coefficient (Wildman–Crippen LogP) is 3.24. The molecule has 0 spiro atoms. The highest BCUT2D eigenvalue weighted by Crippen LogP contribution is 2.59.